The number of amides is 2. The third kappa shape index (κ3) is 4.79. The van der Waals surface area contributed by atoms with Gasteiger partial charge in [-0.05, 0) is 42.3 Å². The van der Waals surface area contributed by atoms with Gasteiger partial charge in [-0.3, -0.25) is 9.59 Å². The van der Waals surface area contributed by atoms with E-state index in [1.807, 2.05) is 0 Å². The van der Waals surface area contributed by atoms with Crippen molar-refractivity contribution in [1.29, 1.82) is 0 Å². The first-order chi connectivity index (χ1) is 11.9. The topological polar surface area (TPSA) is 67.4 Å². The van der Waals surface area contributed by atoms with Crippen LogP contribution < -0.4 is 15.4 Å². The number of nitrogens with one attached hydrogen (secondary N) is 2. The normalized spacial score (nSPS) is 11.7. The van der Waals surface area contributed by atoms with Gasteiger partial charge in [0.25, 0.3) is 5.91 Å². The number of carbonyl (C=O) groups is 2. The molecule has 6 heteroatoms. The molecule has 0 spiro atoms. The Kier molecular flexibility index (Phi) is 6.11. The largest absolute Gasteiger partial charge is 0.497 e. The van der Waals surface area contributed by atoms with Crippen LogP contribution in [0, 0.1) is 11.7 Å². The number of rotatable bonds is 6. The molecule has 2 N–H and O–H groups in total. The summed E-state index contributed by atoms with van der Waals surface area (Å²) >= 11 is 0. The highest BCUT2D eigenvalue weighted by Gasteiger charge is 2.25. The summed E-state index contributed by atoms with van der Waals surface area (Å²) in [4.78, 5) is 24.8. The van der Waals surface area contributed by atoms with Gasteiger partial charge in [-0.15, -0.1) is 0 Å². The van der Waals surface area contributed by atoms with E-state index in [1.165, 1.54) is 25.3 Å². The Morgan fingerprint density at radius 1 is 1.04 bits per heavy atom. The number of para-hydroxylation sites is 1. The molecular formula is C19H21FN2O3. The Morgan fingerprint density at radius 3 is 2.24 bits per heavy atom. The zero-order valence-corrected chi connectivity index (χ0v) is 14.4. The van der Waals surface area contributed by atoms with E-state index < -0.39 is 17.8 Å². The van der Waals surface area contributed by atoms with Crippen LogP contribution in [0.25, 0.3) is 0 Å². The molecule has 132 valence electrons. The van der Waals surface area contributed by atoms with Crippen molar-refractivity contribution in [2.24, 2.45) is 5.92 Å². The molecule has 25 heavy (non-hydrogen) atoms. The molecule has 0 aliphatic heterocycles. The highest BCUT2D eigenvalue weighted by atomic mass is 19.1. The predicted molar refractivity (Wildman–Crippen MR) is 94.1 cm³/mol. The minimum atomic E-state index is -0.797. The van der Waals surface area contributed by atoms with Gasteiger partial charge >= 0.3 is 0 Å². The zero-order chi connectivity index (χ0) is 18.4. The van der Waals surface area contributed by atoms with Gasteiger partial charge in [0, 0.05) is 5.56 Å². The highest BCUT2D eigenvalue weighted by Crippen LogP contribution is 2.15. The molecule has 0 saturated carbocycles. The van der Waals surface area contributed by atoms with E-state index in [4.69, 9.17) is 4.74 Å². The Bertz CT molecular complexity index is 745. The van der Waals surface area contributed by atoms with E-state index in [1.54, 1.807) is 44.2 Å². The van der Waals surface area contributed by atoms with Crippen LogP contribution >= 0.6 is 0 Å². The molecule has 2 aromatic carbocycles. The smallest absolute Gasteiger partial charge is 0.251 e. The van der Waals surface area contributed by atoms with Crippen LogP contribution in [0.2, 0.25) is 0 Å². The molecule has 2 rings (SSSR count). The highest BCUT2D eigenvalue weighted by molar-refractivity contribution is 6.01. The van der Waals surface area contributed by atoms with Gasteiger partial charge in [-0.1, -0.05) is 26.0 Å². The lowest BCUT2D eigenvalue weighted by Gasteiger charge is -2.22. The van der Waals surface area contributed by atoms with Crippen LogP contribution in [0.1, 0.15) is 24.2 Å². The Hall–Kier alpha value is -2.89. The fourth-order valence-corrected chi connectivity index (χ4v) is 2.27. The molecule has 0 fully saturated rings. The number of ether oxygens (including phenoxy) is 1. The van der Waals surface area contributed by atoms with Gasteiger partial charge in [0.1, 0.15) is 17.6 Å². The summed E-state index contributed by atoms with van der Waals surface area (Å²) in [6.07, 6.45) is 0. The molecule has 0 aromatic heterocycles. The summed E-state index contributed by atoms with van der Waals surface area (Å²) in [6, 6.07) is 11.6. The van der Waals surface area contributed by atoms with Crippen LogP contribution in [0.5, 0.6) is 5.75 Å². The van der Waals surface area contributed by atoms with Gasteiger partial charge < -0.3 is 15.4 Å². The lowest BCUT2D eigenvalue weighted by Crippen LogP contribution is -2.47. The average Bonchev–Trinajstić information content (AvgIpc) is 2.61. The van der Waals surface area contributed by atoms with Crippen LogP contribution in [-0.2, 0) is 4.79 Å². The summed E-state index contributed by atoms with van der Waals surface area (Å²) in [7, 11) is 1.54. The molecule has 0 heterocycles. The predicted octanol–water partition coefficient (Wildman–Crippen LogP) is 3.23. The van der Waals surface area contributed by atoms with E-state index in [2.05, 4.69) is 10.6 Å². The first kappa shape index (κ1) is 18.4. The molecule has 5 nitrogen and oxygen atoms in total. The van der Waals surface area contributed by atoms with E-state index in [9.17, 15) is 14.0 Å². The Morgan fingerprint density at radius 2 is 1.68 bits per heavy atom. The molecule has 1 atom stereocenters. The number of halogens is 1. The monoisotopic (exact) mass is 344 g/mol. The van der Waals surface area contributed by atoms with E-state index in [-0.39, 0.29) is 17.5 Å². The number of anilines is 1. The fourth-order valence-electron chi connectivity index (χ4n) is 2.27. The lowest BCUT2D eigenvalue weighted by atomic mass is 10.0. The maximum Gasteiger partial charge on any atom is 0.251 e. The summed E-state index contributed by atoms with van der Waals surface area (Å²) in [6.45, 7) is 3.61. The van der Waals surface area contributed by atoms with Crippen molar-refractivity contribution in [1.82, 2.24) is 5.32 Å². The van der Waals surface area contributed by atoms with Crippen LogP contribution in [0.15, 0.2) is 48.5 Å². The zero-order valence-electron chi connectivity index (χ0n) is 14.4. The maximum absolute atomic E-state index is 13.7. The van der Waals surface area contributed by atoms with Crippen LogP contribution in [0.4, 0.5) is 10.1 Å². The minimum absolute atomic E-state index is 0.0804. The summed E-state index contributed by atoms with van der Waals surface area (Å²) in [5.41, 5.74) is 0.488. The van der Waals surface area contributed by atoms with Crippen molar-refractivity contribution in [3.05, 3.63) is 59.9 Å². The summed E-state index contributed by atoms with van der Waals surface area (Å²) in [5.74, 6) is -0.921. The van der Waals surface area contributed by atoms with Crippen molar-refractivity contribution >= 4 is 17.5 Å². The number of hydrogen-bond donors (Lipinski definition) is 2. The number of benzene rings is 2. The fraction of sp³-hybridized carbons (Fsp3) is 0.263. The second kappa shape index (κ2) is 8.28. The maximum atomic E-state index is 13.7. The van der Waals surface area contributed by atoms with Crippen molar-refractivity contribution in [2.75, 3.05) is 12.4 Å². The molecule has 0 aliphatic rings. The van der Waals surface area contributed by atoms with E-state index in [0.29, 0.717) is 11.3 Å². The third-order valence-corrected chi connectivity index (χ3v) is 3.72. The SMILES string of the molecule is COc1ccc(C(=O)N[C@H](C(=O)Nc2ccccc2F)C(C)C)cc1. The molecule has 0 saturated heterocycles. The number of hydrogen-bond acceptors (Lipinski definition) is 3. The van der Waals surface area contributed by atoms with Gasteiger partial charge in [-0.2, -0.15) is 0 Å². The number of methoxy groups -OCH3 is 1. The van der Waals surface area contributed by atoms with Gasteiger partial charge in [0.15, 0.2) is 0 Å². The second-order valence-electron chi connectivity index (χ2n) is 5.89. The second-order valence-corrected chi connectivity index (χ2v) is 5.89. The van der Waals surface area contributed by atoms with Crippen LogP contribution in [0.3, 0.4) is 0 Å². The molecule has 2 aromatic rings. The van der Waals surface area contributed by atoms with E-state index >= 15 is 0 Å². The first-order valence-corrected chi connectivity index (χ1v) is 7.92. The lowest BCUT2D eigenvalue weighted by molar-refractivity contribution is -0.118. The van der Waals surface area contributed by atoms with Crippen molar-refractivity contribution < 1.29 is 18.7 Å². The van der Waals surface area contributed by atoms with Gasteiger partial charge in [0.2, 0.25) is 5.91 Å². The van der Waals surface area contributed by atoms with Gasteiger partial charge in [-0.25, -0.2) is 4.39 Å². The number of carbonyl (C=O) groups excluding carboxylic acids is 2. The molecule has 0 radical (unpaired) electrons. The Labute approximate surface area is 146 Å². The van der Waals surface area contributed by atoms with Crippen LogP contribution in [-0.4, -0.2) is 25.0 Å². The third-order valence-electron chi connectivity index (χ3n) is 3.72. The quantitative estimate of drug-likeness (QED) is 0.845. The average molecular weight is 344 g/mol. The van der Waals surface area contributed by atoms with E-state index in [0.717, 1.165) is 0 Å². The minimum Gasteiger partial charge on any atom is -0.497 e. The molecule has 0 aliphatic carbocycles. The van der Waals surface area contributed by atoms with Crippen molar-refractivity contribution in [3.8, 4) is 5.75 Å². The molecule has 0 unspecified atom stereocenters. The molecule has 0 bridgehead atoms. The van der Waals surface area contributed by atoms with Gasteiger partial charge in [0.05, 0.1) is 12.8 Å². The standard InChI is InChI=1S/C19H21FN2O3/c1-12(2)17(19(24)21-16-7-5-4-6-15(16)20)22-18(23)13-8-10-14(25-3)11-9-13/h4-12,17H,1-3H3,(H,21,24)(H,22,23)/t17-/m0/s1. The van der Waals surface area contributed by atoms with Crippen molar-refractivity contribution in [2.45, 2.75) is 19.9 Å². The molecular weight excluding hydrogens is 323 g/mol. The molecule has 2 amide bonds. The Balaban J connectivity index is 2.10. The first-order valence-electron chi connectivity index (χ1n) is 7.92. The van der Waals surface area contributed by atoms with Crippen molar-refractivity contribution in [3.63, 3.8) is 0 Å². The summed E-state index contributed by atoms with van der Waals surface area (Å²) < 4.78 is 18.8. The summed E-state index contributed by atoms with van der Waals surface area (Å²) in [5, 5.41) is 5.21.